The highest BCUT2D eigenvalue weighted by molar-refractivity contribution is 7.86. The van der Waals surface area contributed by atoms with Crippen LogP contribution in [0.5, 0.6) is 0 Å². The van der Waals surface area contributed by atoms with Crippen molar-refractivity contribution in [3.05, 3.63) is 70.8 Å². The highest BCUT2D eigenvalue weighted by Gasteiger charge is 2.36. The van der Waals surface area contributed by atoms with Crippen LogP contribution in [0.25, 0.3) is 0 Å². The van der Waals surface area contributed by atoms with Crippen molar-refractivity contribution in [1.82, 2.24) is 8.61 Å². The summed E-state index contributed by atoms with van der Waals surface area (Å²) < 4.78 is 29.7. The second-order valence-electron chi connectivity index (χ2n) is 6.98. The van der Waals surface area contributed by atoms with Crippen LogP contribution in [0.15, 0.2) is 48.5 Å². The van der Waals surface area contributed by atoms with Gasteiger partial charge < -0.3 is 0 Å². The molecule has 25 heavy (non-hydrogen) atoms. The van der Waals surface area contributed by atoms with Crippen LogP contribution in [0.2, 0.25) is 0 Å². The van der Waals surface area contributed by atoms with E-state index in [0.29, 0.717) is 13.1 Å². The molecule has 1 heterocycles. The molecular formula is C20H24N2O2S. The van der Waals surface area contributed by atoms with Gasteiger partial charge in [0.2, 0.25) is 0 Å². The smallest absolute Gasteiger partial charge is 0.195 e. The summed E-state index contributed by atoms with van der Waals surface area (Å²) in [6.45, 7) is 1.02. The number of rotatable bonds is 3. The van der Waals surface area contributed by atoms with Crippen LogP contribution < -0.4 is 0 Å². The number of aryl methyl sites for hydroxylation is 1. The molecule has 4 nitrogen and oxygen atoms in total. The summed E-state index contributed by atoms with van der Waals surface area (Å²) >= 11 is 0. The topological polar surface area (TPSA) is 40.6 Å². The fraction of sp³-hybridized carbons (Fsp3) is 0.400. The van der Waals surface area contributed by atoms with E-state index < -0.39 is 10.2 Å². The van der Waals surface area contributed by atoms with Gasteiger partial charge in [0.05, 0.1) is 6.04 Å². The van der Waals surface area contributed by atoms with Gasteiger partial charge in [0.1, 0.15) is 0 Å². The molecule has 1 aliphatic heterocycles. The maximum atomic E-state index is 13.3. The van der Waals surface area contributed by atoms with Crippen LogP contribution in [0.4, 0.5) is 0 Å². The van der Waals surface area contributed by atoms with E-state index in [1.54, 1.807) is 15.7 Å². The van der Waals surface area contributed by atoms with E-state index in [1.165, 1.54) is 11.1 Å². The van der Waals surface area contributed by atoms with Crippen LogP contribution >= 0.6 is 0 Å². The molecule has 0 radical (unpaired) electrons. The van der Waals surface area contributed by atoms with Crippen LogP contribution in [0.3, 0.4) is 0 Å². The summed E-state index contributed by atoms with van der Waals surface area (Å²) in [4.78, 5) is 0. The minimum Gasteiger partial charge on any atom is -0.195 e. The van der Waals surface area contributed by atoms with Gasteiger partial charge in [0, 0.05) is 20.1 Å². The lowest BCUT2D eigenvalue weighted by atomic mass is 9.88. The Balaban J connectivity index is 1.61. The Bertz CT molecular complexity index is 879. The number of nitrogens with zero attached hydrogens (tertiary/aromatic N) is 2. The van der Waals surface area contributed by atoms with Gasteiger partial charge >= 0.3 is 0 Å². The van der Waals surface area contributed by atoms with Gasteiger partial charge in [-0.2, -0.15) is 17.0 Å². The van der Waals surface area contributed by atoms with Crippen LogP contribution in [-0.4, -0.2) is 30.6 Å². The number of hydrogen-bond acceptors (Lipinski definition) is 2. The fourth-order valence-electron chi connectivity index (χ4n) is 4.12. The molecule has 0 saturated heterocycles. The standard InChI is InChI=1S/C20H24N2O2S/c1-21(20-12-6-10-17-8-4-5-11-19(17)20)25(23,24)22-14-13-16-7-2-3-9-18(16)15-22/h2-5,7-9,11,20H,6,10,12-15H2,1H3/t20-/m0/s1. The van der Waals surface area contributed by atoms with Gasteiger partial charge in [-0.1, -0.05) is 48.5 Å². The van der Waals surface area contributed by atoms with E-state index in [0.717, 1.165) is 36.8 Å². The lowest BCUT2D eigenvalue weighted by Crippen LogP contribution is -2.46. The zero-order chi connectivity index (χ0) is 17.4. The molecule has 0 fully saturated rings. The molecule has 2 aromatic rings. The third kappa shape index (κ3) is 3.01. The molecular weight excluding hydrogens is 332 g/mol. The van der Waals surface area contributed by atoms with Crippen molar-refractivity contribution in [2.24, 2.45) is 0 Å². The summed E-state index contributed by atoms with van der Waals surface area (Å²) in [5.41, 5.74) is 4.83. The summed E-state index contributed by atoms with van der Waals surface area (Å²) in [5.74, 6) is 0. The minimum absolute atomic E-state index is 0.0629. The monoisotopic (exact) mass is 356 g/mol. The third-order valence-electron chi connectivity index (χ3n) is 5.56. The molecule has 0 aromatic heterocycles. The van der Waals surface area contributed by atoms with Crippen molar-refractivity contribution in [1.29, 1.82) is 0 Å². The molecule has 132 valence electrons. The molecule has 0 bridgehead atoms. The van der Waals surface area contributed by atoms with Crippen molar-refractivity contribution < 1.29 is 8.42 Å². The molecule has 0 unspecified atom stereocenters. The van der Waals surface area contributed by atoms with Crippen LogP contribution in [0, 0.1) is 0 Å². The van der Waals surface area contributed by atoms with Crippen molar-refractivity contribution >= 4 is 10.2 Å². The quantitative estimate of drug-likeness (QED) is 0.847. The molecule has 0 saturated carbocycles. The average molecular weight is 356 g/mol. The number of fused-ring (bicyclic) bond motifs is 2. The fourth-order valence-corrected chi connectivity index (χ4v) is 5.64. The summed E-state index contributed by atoms with van der Waals surface area (Å²) in [5, 5.41) is 0. The van der Waals surface area contributed by atoms with Crippen molar-refractivity contribution in [2.45, 2.75) is 38.3 Å². The second-order valence-corrected chi connectivity index (χ2v) is 8.97. The van der Waals surface area contributed by atoms with Gasteiger partial charge in [-0.15, -0.1) is 0 Å². The van der Waals surface area contributed by atoms with E-state index in [4.69, 9.17) is 0 Å². The van der Waals surface area contributed by atoms with Gasteiger partial charge in [-0.3, -0.25) is 0 Å². The maximum absolute atomic E-state index is 13.3. The molecule has 2 aliphatic rings. The first-order chi connectivity index (χ1) is 12.1. The number of hydrogen-bond donors (Lipinski definition) is 0. The first-order valence-electron chi connectivity index (χ1n) is 8.95. The summed E-state index contributed by atoms with van der Waals surface area (Å²) in [6, 6.07) is 16.3. The third-order valence-corrected chi connectivity index (χ3v) is 7.51. The molecule has 2 aromatic carbocycles. The lowest BCUT2D eigenvalue weighted by molar-refractivity contribution is 0.290. The predicted molar refractivity (Wildman–Crippen MR) is 99.4 cm³/mol. The van der Waals surface area contributed by atoms with E-state index in [2.05, 4.69) is 18.2 Å². The molecule has 0 spiro atoms. The average Bonchev–Trinajstić information content (AvgIpc) is 2.66. The highest BCUT2D eigenvalue weighted by atomic mass is 32.2. The normalized spacial score (nSPS) is 21.0. The number of benzene rings is 2. The Hall–Kier alpha value is -1.69. The first-order valence-corrected chi connectivity index (χ1v) is 10.3. The maximum Gasteiger partial charge on any atom is 0.282 e. The molecule has 0 N–H and O–H groups in total. The van der Waals surface area contributed by atoms with Gasteiger partial charge in [0.15, 0.2) is 0 Å². The largest absolute Gasteiger partial charge is 0.282 e. The van der Waals surface area contributed by atoms with Crippen LogP contribution in [0.1, 0.15) is 41.1 Å². The van der Waals surface area contributed by atoms with Gasteiger partial charge in [0.25, 0.3) is 10.2 Å². The van der Waals surface area contributed by atoms with Crippen molar-refractivity contribution in [3.63, 3.8) is 0 Å². The molecule has 5 heteroatoms. The molecule has 1 aliphatic carbocycles. The summed E-state index contributed by atoms with van der Waals surface area (Å²) in [6.07, 6.45) is 3.74. The van der Waals surface area contributed by atoms with E-state index in [-0.39, 0.29) is 6.04 Å². The Morgan fingerprint density at radius 3 is 2.44 bits per heavy atom. The Kier molecular flexibility index (Phi) is 4.40. The Labute approximate surface area is 150 Å². The van der Waals surface area contributed by atoms with E-state index in [9.17, 15) is 8.42 Å². The van der Waals surface area contributed by atoms with Gasteiger partial charge in [-0.05, 0) is 47.9 Å². The van der Waals surface area contributed by atoms with Crippen molar-refractivity contribution in [3.8, 4) is 0 Å². The zero-order valence-corrected chi connectivity index (χ0v) is 15.4. The molecule has 1 atom stereocenters. The molecule has 0 amide bonds. The zero-order valence-electron chi connectivity index (χ0n) is 14.6. The van der Waals surface area contributed by atoms with E-state index >= 15 is 0 Å². The highest BCUT2D eigenvalue weighted by Crippen LogP contribution is 2.36. The van der Waals surface area contributed by atoms with Crippen LogP contribution in [-0.2, 0) is 29.6 Å². The lowest BCUT2D eigenvalue weighted by Gasteiger charge is -2.37. The SMILES string of the molecule is CN([C@H]1CCCc2ccccc21)S(=O)(=O)N1CCc2ccccc2C1. The predicted octanol–water partition coefficient (Wildman–Crippen LogP) is 3.30. The Morgan fingerprint density at radius 1 is 0.960 bits per heavy atom. The first kappa shape index (κ1) is 16.8. The van der Waals surface area contributed by atoms with Crippen molar-refractivity contribution in [2.75, 3.05) is 13.6 Å². The summed E-state index contributed by atoms with van der Waals surface area (Å²) in [7, 11) is -1.74. The minimum atomic E-state index is -3.48. The second kappa shape index (κ2) is 6.56. The molecule has 4 rings (SSSR count). The van der Waals surface area contributed by atoms with E-state index in [1.807, 2.05) is 30.3 Å². The Morgan fingerprint density at radius 2 is 1.64 bits per heavy atom. The van der Waals surface area contributed by atoms with Gasteiger partial charge in [-0.25, -0.2) is 0 Å².